The van der Waals surface area contributed by atoms with E-state index in [2.05, 4.69) is 39.9 Å². The lowest BCUT2D eigenvalue weighted by atomic mass is 9.88. The average molecular weight is 422 g/mol. The highest BCUT2D eigenvalue weighted by Gasteiger charge is 2.16. The van der Waals surface area contributed by atoms with Crippen LogP contribution in [-0.4, -0.2) is 20.1 Å². The number of hydrogen-bond donors (Lipinski definition) is 1. The molecule has 5 nitrogen and oxygen atoms in total. The Morgan fingerprint density at radius 2 is 1.45 bits per heavy atom. The minimum Gasteiger partial charge on any atom is -0.493 e. The summed E-state index contributed by atoms with van der Waals surface area (Å²) < 4.78 is 16.4. The molecule has 1 amide bonds. The van der Waals surface area contributed by atoms with Crippen molar-refractivity contribution in [1.82, 2.24) is 5.32 Å². The number of rotatable bonds is 7. The monoisotopic (exact) mass is 421 g/mol. The topological polar surface area (TPSA) is 60.7 Å². The van der Waals surface area contributed by atoms with E-state index in [4.69, 9.17) is 13.9 Å². The van der Waals surface area contributed by atoms with E-state index in [1.54, 1.807) is 20.3 Å². The third-order valence-electron chi connectivity index (χ3n) is 6.29. The van der Waals surface area contributed by atoms with Crippen molar-refractivity contribution in [3.05, 3.63) is 80.8 Å². The molecule has 0 saturated heterocycles. The Labute approximate surface area is 184 Å². The first-order valence-corrected chi connectivity index (χ1v) is 10.4. The molecular formula is C26H31NO4. The molecule has 0 aliphatic carbocycles. The molecule has 0 fully saturated rings. The van der Waals surface area contributed by atoms with E-state index in [1.807, 2.05) is 24.3 Å². The van der Waals surface area contributed by atoms with E-state index in [-0.39, 0.29) is 5.91 Å². The Morgan fingerprint density at radius 1 is 0.839 bits per heavy atom. The summed E-state index contributed by atoms with van der Waals surface area (Å²) in [5.74, 6) is 2.13. The van der Waals surface area contributed by atoms with Gasteiger partial charge in [-0.1, -0.05) is 6.07 Å². The van der Waals surface area contributed by atoms with Crippen LogP contribution in [0.3, 0.4) is 0 Å². The molecule has 0 unspecified atom stereocenters. The van der Waals surface area contributed by atoms with Gasteiger partial charge in [0, 0.05) is 13.0 Å². The van der Waals surface area contributed by atoms with Crippen molar-refractivity contribution in [2.24, 2.45) is 0 Å². The van der Waals surface area contributed by atoms with Gasteiger partial charge < -0.3 is 19.2 Å². The molecule has 31 heavy (non-hydrogen) atoms. The zero-order valence-electron chi connectivity index (χ0n) is 19.4. The lowest BCUT2D eigenvalue weighted by molar-refractivity contribution is 0.0921. The van der Waals surface area contributed by atoms with Crippen LogP contribution in [0.2, 0.25) is 0 Å². The van der Waals surface area contributed by atoms with Crippen LogP contribution in [0.15, 0.2) is 34.7 Å². The second-order valence-electron chi connectivity index (χ2n) is 7.92. The van der Waals surface area contributed by atoms with E-state index in [1.165, 1.54) is 33.4 Å². The van der Waals surface area contributed by atoms with Crippen LogP contribution in [0, 0.1) is 34.6 Å². The van der Waals surface area contributed by atoms with Crippen LogP contribution >= 0.6 is 0 Å². The van der Waals surface area contributed by atoms with E-state index >= 15 is 0 Å². The van der Waals surface area contributed by atoms with Gasteiger partial charge in [-0.05, 0) is 97.8 Å². The third kappa shape index (κ3) is 4.61. The maximum Gasteiger partial charge on any atom is 0.287 e. The molecule has 0 bridgehead atoms. The molecule has 0 atom stereocenters. The Balaban J connectivity index is 1.71. The van der Waals surface area contributed by atoms with Gasteiger partial charge in [-0.25, -0.2) is 0 Å². The SMILES string of the molecule is COc1ccc(CNC(=O)c2ccc(Cc3c(C)c(C)c(C)c(C)c3C)o2)cc1OC. The molecule has 5 heteroatoms. The van der Waals surface area contributed by atoms with Crippen molar-refractivity contribution in [3.63, 3.8) is 0 Å². The summed E-state index contributed by atoms with van der Waals surface area (Å²) in [6, 6.07) is 9.18. The van der Waals surface area contributed by atoms with Gasteiger partial charge in [0.15, 0.2) is 17.3 Å². The molecule has 1 heterocycles. The molecule has 0 aliphatic rings. The van der Waals surface area contributed by atoms with Crippen LogP contribution in [0.1, 0.15) is 55.3 Å². The lowest BCUT2D eigenvalue weighted by Gasteiger charge is -2.18. The highest BCUT2D eigenvalue weighted by atomic mass is 16.5. The Morgan fingerprint density at radius 3 is 2.06 bits per heavy atom. The van der Waals surface area contributed by atoms with Crippen LogP contribution in [0.5, 0.6) is 11.5 Å². The fourth-order valence-corrected chi connectivity index (χ4v) is 3.87. The predicted octanol–water partition coefficient (Wildman–Crippen LogP) is 5.36. The number of carbonyl (C=O) groups is 1. The summed E-state index contributed by atoms with van der Waals surface area (Å²) in [7, 11) is 3.18. The van der Waals surface area contributed by atoms with Crippen LogP contribution in [0.25, 0.3) is 0 Å². The summed E-state index contributed by atoms with van der Waals surface area (Å²) in [5, 5.41) is 2.90. The molecule has 0 saturated carbocycles. The normalized spacial score (nSPS) is 10.8. The fraction of sp³-hybridized carbons (Fsp3) is 0.346. The number of hydrogen-bond acceptors (Lipinski definition) is 4. The van der Waals surface area contributed by atoms with Crippen molar-refractivity contribution >= 4 is 5.91 Å². The third-order valence-corrected chi connectivity index (χ3v) is 6.29. The Hall–Kier alpha value is -3.21. The van der Waals surface area contributed by atoms with Crippen molar-refractivity contribution in [2.45, 2.75) is 47.6 Å². The van der Waals surface area contributed by atoms with Crippen molar-refractivity contribution in [2.75, 3.05) is 14.2 Å². The second kappa shape index (κ2) is 9.29. The minimum atomic E-state index is -0.245. The van der Waals surface area contributed by atoms with Gasteiger partial charge in [-0.15, -0.1) is 0 Å². The zero-order chi connectivity index (χ0) is 22.7. The molecule has 3 aromatic rings. The first-order chi connectivity index (χ1) is 14.8. The Kier molecular flexibility index (Phi) is 6.74. The summed E-state index contributed by atoms with van der Waals surface area (Å²) in [6.45, 7) is 11.2. The van der Waals surface area contributed by atoms with Gasteiger partial charge in [-0.3, -0.25) is 4.79 Å². The largest absolute Gasteiger partial charge is 0.493 e. The number of amides is 1. The van der Waals surface area contributed by atoms with E-state index < -0.39 is 0 Å². The number of methoxy groups -OCH3 is 2. The maximum atomic E-state index is 12.6. The van der Waals surface area contributed by atoms with Gasteiger partial charge in [0.2, 0.25) is 0 Å². The molecule has 1 aromatic heterocycles. The molecule has 2 aromatic carbocycles. The number of nitrogens with one attached hydrogen (secondary N) is 1. The molecule has 0 aliphatic heterocycles. The fourth-order valence-electron chi connectivity index (χ4n) is 3.87. The zero-order valence-corrected chi connectivity index (χ0v) is 19.4. The standard InChI is InChI=1S/C26H31NO4/c1-15-16(2)18(4)22(19(5)17(15)3)13-21-9-11-24(31-21)26(28)27-14-20-8-10-23(29-6)25(12-20)30-7/h8-12H,13-14H2,1-7H3,(H,27,28). The van der Waals surface area contributed by atoms with Gasteiger partial charge in [0.05, 0.1) is 14.2 Å². The van der Waals surface area contributed by atoms with E-state index in [0.29, 0.717) is 30.2 Å². The quantitative estimate of drug-likeness (QED) is 0.558. The predicted molar refractivity (Wildman–Crippen MR) is 122 cm³/mol. The van der Waals surface area contributed by atoms with Crippen molar-refractivity contribution < 1.29 is 18.7 Å². The van der Waals surface area contributed by atoms with E-state index in [9.17, 15) is 4.79 Å². The highest BCUT2D eigenvalue weighted by molar-refractivity contribution is 5.91. The number of furan rings is 1. The van der Waals surface area contributed by atoms with Crippen LogP contribution < -0.4 is 14.8 Å². The molecule has 3 rings (SSSR count). The van der Waals surface area contributed by atoms with Crippen molar-refractivity contribution in [1.29, 1.82) is 0 Å². The highest BCUT2D eigenvalue weighted by Crippen LogP contribution is 2.29. The van der Waals surface area contributed by atoms with Gasteiger partial charge in [0.25, 0.3) is 5.91 Å². The van der Waals surface area contributed by atoms with Gasteiger partial charge in [-0.2, -0.15) is 0 Å². The smallest absolute Gasteiger partial charge is 0.287 e. The lowest BCUT2D eigenvalue weighted by Crippen LogP contribution is -2.22. The first kappa shape index (κ1) is 22.5. The Bertz CT molecular complexity index is 1080. The maximum absolute atomic E-state index is 12.6. The summed E-state index contributed by atoms with van der Waals surface area (Å²) in [6.07, 6.45) is 0.669. The first-order valence-electron chi connectivity index (χ1n) is 10.4. The number of carbonyl (C=O) groups excluding carboxylic acids is 1. The van der Waals surface area contributed by atoms with Crippen LogP contribution in [0.4, 0.5) is 0 Å². The number of ether oxygens (including phenoxy) is 2. The summed E-state index contributed by atoms with van der Waals surface area (Å²) >= 11 is 0. The molecule has 1 N–H and O–H groups in total. The average Bonchev–Trinajstić information content (AvgIpc) is 3.26. The van der Waals surface area contributed by atoms with Crippen LogP contribution in [-0.2, 0) is 13.0 Å². The summed E-state index contributed by atoms with van der Waals surface area (Å²) in [4.78, 5) is 12.6. The number of benzene rings is 2. The summed E-state index contributed by atoms with van der Waals surface area (Å²) in [5.41, 5.74) is 8.73. The molecule has 0 radical (unpaired) electrons. The molecule has 164 valence electrons. The van der Waals surface area contributed by atoms with Crippen molar-refractivity contribution in [3.8, 4) is 11.5 Å². The second-order valence-corrected chi connectivity index (χ2v) is 7.92. The van der Waals surface area contributed by atoms with Gasteiger partial charge >= 0.3 is 0 Å². The van der Waals surface area contributed by atoms with Gasteiger partial charge in [0.1, 0.15) is 5.76 Å². The van der Waals surface area contributed by atoms with E-state index in [0.717, 1.165) is 11.3 Å². The minimum absolute atomic E-state index is 0.245. The molecular weight excluding hydrogens is 390 g/mol. The molecule has 0 spiro atoms.